The van der Waals surface area contributed by atoms with Crippen molar-refractivity contribution < 1.29 is 9.72 Å². The van der Waals surface area contributed by atoms with Crippen molar-refractivity contribution in [2.45, 2.75) is 26.7 Å². The van der Waals surface area contributed by atoms with Gasteiger partial charge in [-0.15, -0.1) is 0 Å². The van der Waals surface area contributed by atoms with Crippen molar-refractivity contribution >= 4 is 23.2 Å². The highest BCUT2D eigenvalue weighted by Crippen LogP contribution is 2.24. The van der Waals surface area contributed by atoms with Gasteiger partial charge in [0.2, 0.25) is 0 Å². The highest BCUT2D eigenvalue weighted by molar-refractivity contribution is 6.33. The molecule has 0 aliphatic carbocycles. The van der Waals surface area contributed by atoms with Gasteiger partial charge in [0.1, 0.15) is 5.02 Å². The van der Waals surface area contributed by atoms with Crippen LogP contribution in [0.2, 0.25) is 5.02 Å². The minimum absolute atomic E-state index is 0.0279. The lowest BCUT2D eigenvalue weighted by molar-refractivity contribution is -0.384. The molecule has 5 nitrogen and oxygen atoms in total. The number of carbonyl (C=O) groups excluding carboxylic acids is 1. The van der Waals surface area contributed by atoms with E-state index >= 15 is 0 Å². The summed E-state index contributed by atoms with van der Waals surface area (Å²) < 4.78 is 0. The molecule has 0 aliphatic rings. The van der Waals surface area contributed by atoms with Gasteiger partial charge in [0.05, 0.1) is 4.92 Å². The molecule has 0 fully saturated rings. The van der Waals surface area contributed by atoms with Crippen LogP contribution in [0.15, 0.2) is 18.2 Å². The van der Waals surface area contributed by atoms with Crippen LogP contribution >= 0.6 is 11.6 Å². The predicted octanol–water partition coefficient (Wildman–Crippen LogP) is 3.41. The molecule has 0 bridgehead atoms. The number of amides is 1. The van der Waals surface area contributed by atoms with Gasteiger partial charge in [-0.05, 0) is 30.9 Å². The molecule has 1 N–H and O–H groups in total. The topological polar surface area (TPSA) is 72.2 Å². The van der Waals surface area contributed by atoms with Gasteiger partial charge in [-0.2, -0.15) is 0 Å². The Labute approximate surface area is 117 Å². The molecule has 0 heterocycles. The van der Waals surface area contributed by atoms with Crippen molar-refractivity contribution in [1.82, 2.24) is 5.32 Å². The molecule has 19 heavy (non-hydrogen) atoms. The third kappa shape index (κ3) is 4.87. The first-order chi connectivity index (χ1) is 8.91. The Kier molecular flexibility index (Phi) is 5.76. The molecule has 0 unspecified atom stereocenters. The second-order valence-corrected chi connectivity index (χ2v) is 5.12. The first-order valence-corrected chi connectivity index (χ1v) is 6.51. The Hall–Kier alpha value is -1.62. The Balaban J connectivity index is 2.58. The number of benzene rings is 1. The largest absolute Gasteiger partial charge is 0.352 e. The predicted molar refractivity (Wildman–Crippen MR) is 74.5 cm³/mol. The van der Waals surface area contributed by atoms with Gasteiger partial charge in [0.15, 0.2) is 0 Å². The summed E-state index contributed by atoms with van der Waals surface area (Å²) in [5.41, 5.74) is 0.137. The Morgan fingerprint density at radius 1 is 1.47 bits per heavy atom. The highest BCUT2D eigenvalue weighted by atomic mass is 35.5. The summed E-state index contributed by atoms with van der Waals surface area (Å²) in [6, 6.07) is 3.96. The molecule has 104 valence electrons. The van der Waals surface area contributed by atoms with Gasteiger partial charge in [-0.3, -0.25) is 14.9 Å². The molecule has 1 rings (SSSR count). The fourth-order valence-electron chi connectivity index (χ4n) is 1.61. The van der Waals surface area contributed by atoms with Crippen molar-refractivity contribution in [3.63, 3.8) is 0 Å². The lowest BCUT2D eigenvalue weighted by Crippen LogP contribution is -2.24. The van der Waals surface area contributed by atoms with E-state index in [4.69, 9.17) is 11.6 Å². The van der Waals surface area contributed by atoms with E-state index in [0.717, 1.165) is 12.8 Å². The standard InChI is InChI=1S/C13H17ClN2O3/c1-9(2)4-3-7-15-13(17)10-5-6-12(16(18)19)11(14)8-10/h5-6,8-9H,3-4,7H2,1-2H3,(H,15,17). The molecule has 0 radical (unpaired) electrons. The van der Waals surface area contributed by atoms with Crippen LogP contribution in [0.1, 0.15) is 37.0 Å². The summed E-state index contributed by atoms with van der Waals surface area (Å²) in [6.07, 6.45) is 1.95. The van der Waals surface area contributed by atoms with E-state index in [1.54, 1.807) is 0 Å². The van der Waals surface area contributed by atoms with E-state index in [1.165, 1.54) is 18.2 Å². The maximum absolute atomic E-state index is 11.8. The van der Waals surface area contributed by atoms with Crippen molar-refractivity contribution in [3.05, 3.63) is 38.9 Å². The second-order valence-electron chi connectivity index (χ2n) is 4.72. The quantitative estimate of drug-likeness (QED) is 0.494. The molecule has 1 aromatic rings. The number of carbonyl (C=O) groups is 1. The average molecular weight is 285 g/mol. The van der Waals surface area contributed by atoms with Crippen LogP contribution in [0.3, 0.4) is 0 Å². The van der Waals surface area contributed by atoms with Crippen molar-refractivity contribution in [1.29, 1.82) is 0 Å². The van der Waals surface area contributed by atoms with Gasteiger partial charge in [0, 0.05) is 18.2 Å². The molecule has 1 aromatic carbocycles. The molecule has 0 saturated heterocycles. The monoisotopic (exact) mass is 284 g/mol. The zero-order chi connectivity index (χ0) is 14.4. The molecular weight excluding hydrogens is 268 g/mol. The Morgan fingerprint density at radius 2 is 2.16 bits per heavy atom. The third-order valence-electron chi connectivity index (χ3n) is 2.65. The van der Waals surface area contributed by atoms with Crippen LogP contribution in [-0.2, 0) is 0 Å². The number of nitro benzene ring substituents is 1. The van der Waals surface area contributed by atoms with Crippen LogP contribution in [0, 0.1) is 16.0 Å². The number of halogens is 1. The maximum Gasteiger partial charge on any atom is 0.287 e. The fraction of sp³-hybridized carbons (Fsp3) is 0.462. The molecule has 0 aromatic heterocycles. The van der Waals surface area contributed by atoms with Gasteiger partial charge < -0.3 is 5.32 Å². The Bertz CT molecular complexity index is 475. The summed E-state index contributed by atoms with van der Waals surface area (Å²) in [5, 5.41) is 13.3. The summed E-state index contributed by atoms with van der Waals surface area (Å²) >= 11 is 5.75. The third-order valence-corrected chi connectivity index (χ3v) is 2.95. The molecule has 0 aliphatic heterocycles. The number of nitro groups is 1. The van der Waals surface area contributed by atoms with E-state index in [1.807, 2.05) is 0 Å². The minimum Gasteiger partial charge on any atom is -0.352 e. The normalized spacial score (nSPS) is 10.5. The smallest absolute Gasteiger partial charge is 0.287 e. The molecule has 0 spiro atoms. The number of nitrogens with one attached hydrogen (secondary N) is 1. The molecular formula is C13H17ClN2O3. The SMILES string of the molecule is CC(C)CCCNC(=O)c1ccc([N+](=O)[O-])c(Cl)c1. The number of nitrogens with zero attached hydrogens (tertiary/aromatic N) is 1. The molecule has 1 amide bonds. The van der Waals surface area contributed by atoms with E-state index in [0.29, 0.717) is 18.0 Å². The number of hydrogen-bond donors (Lipinski definition) is 1. The van der Waals surface area contributed by atoms with Gasteiger partial charge in [0.25, 0.3) is 11.6 Å². The van der Waals surface area contributed by atoms with E-state index in [2.05, 4.69) is 19.2 Å². The van der Waals surface area contributed by atoms with Crippen LogP contribution in [-0.4, -0.2) is 17.4 Å². The lowest BCUT2D eigenvalue weighted by Gasteiger charge is -2.07. The molecule has 0 atom stereocenters. The number of hydrogen-bond acceptors (Lipinski definition) is 3. The van der Waals surface area contributed by atoms with Crippen molar-refractivity contribution in [2.75, 3.05) is 6.54 Å². The summed E-state index contributed by atoms with van der Waals surface area (Å²) in [5.74, 6) is 0.339. The first-order valence-electron chi connectivity index (χ1n) is 6.14. The van der Waals surface area contributed by atoms with Gasteiger partial charge in [-0.1, -0.05) is 25.4 Å². The molecule has 6 heteroatoms. The van der Waals surface area contributed by atoms with Gasteiger partial charge >= 0.3 is 0 Å². The molecule has 0 saturated carbocycles. The minimum atomic E-state index is -0.577. The van der Waals surface area contributed by atoms with Crippen LogP contribution in [0.4, 0.5) is 5.69 Å². The Morgan fingerprint density at radius 3 is 2.68 bits per heavy atom. The average Bonchev–Trinajstić information content (AvgIpc) is 2.33. The highest BCUT2D eigenvalue weighted by Gasteiger charge is 2.14. The van der Waals surface area contributed by atoms with E-state index in [9.17, 15) is 14.9 Å². The number of rotatable bonds is 6. The fourth-order valence-corrected chi connectivity index (χ4v) is 1.86. The lowest BCUT2D eigenvalue weighted by atomic mass is 10.1. The zero-order valence-corrected chi connectivity index (χ0v) is 11.7. The van der Waals surface area contributed by atoms with Crippen LogP contribution < -0.4 is 5.32 Å². The summed E-state index contributed by atoms with van der Waals surface area (Å²) in [4.78, 5) is 21.8. The van der Waals surface area contributed by atoms with E-state index < -0.39 is 4.92 Å². The first kappa shape index (κ1) is 15.4. The van der Waals surface area contributed by atoms with Crippen molar-refractivity contribution in [2.24, 2.45) is 5.92 Å². The van der Waals surface area contributed by atoms with Crippen molar-refractivity contribution in [3.8, 4) is 0 Å². The summed E-state index contributed by atoms with van der Waals surface area (Å²) in [7, 11) is 0. The second kappa shape index (κ2) is 7.09. The summed E-state index contributed by atoms with van der Waals surface area (Å²) in [6.45, 7) is 4.83. The van der Waals surface area contributed by atoms with Gasteiger partial charge in [-0.25, -0.2) is 0 Å². The zero-order valence-electron chi connectivity index (χ0n) is 11.0. The van der Waals surface area contributed by atoms with Crippen LogP contribution in [0.5, 0.6) is 0 Å². The van der Waals surface area contributed by atoms with Crippen LogP contribution in [0.25, 0.3) is 0 Å². The van der Waals surface area contributed by atoms with E-state index in [-0.39, 0.29) is 16.6 Å². The maximum atomic E-state index is 11.8.